The number of pyridine rings is 1. The molecule has 1 unspecified atom stereocenters. The van der Waals surface area contributed by atoms with Gasteiger partial charge in [0.05, 0.1) is 11.2 Å². The average Bonchev–Trinajstić information content (AvgIpc) is 2.82. The van der Waals surface area contributed by atoms with Gasteiger partial charge in [-0.2, -0.15) is 0 Å². The highest BCUT2D eigenvalue weighted by molar-refractivity contribution is 5.56. The van der Waals surface area contributed by atoms with Crippen molar-refractivity contribution in [3.05, 3.63) is 35.9 Å². The Hall–Kier alpha value is -1.84. The number of fused-ring (bicyclic) bond motifs is 1. The lowest BCUT2D eigenvalue weighted by Crippen LogP contribution is -2.33. The first-order chi connectivity index (χ1) is 11.9. The Bertz CT molecular complexity index is 700. The Labute approximate surface area is 143 Å². The normalized spacial score (nSPS) is 23.3. The largest absolute Gasteiger partial charge is 0.345 e. The van der Waals surface area contributed by atoms with Crippen molar-refractivity contribution in [3.63, 3.8) is 0 Å². The fourth-order valence-corrected chi connectivity index (χ4v) is 4.54. The van der Waals surface area contributed by atoms with Crippen LogP contribution in [0.3, 0.4) is 0 Å². The van der Waals surface area contributed by atoms with Crippen molar-refractivity contribution >= 4 is 11.9 Å². The monoisotopic (exact) mass is 325 g/mol. The average molecular weight is 325 g/mol. The fraction of sp³-hybridized carbons (Fsp3) is 0.600. The third-order valence-electron chi connectivity index (χ3n) is 5.81. The minimum atomic E-state index is 0.376. The van der Waals surface area contributed by atoms with E-state index in [0.717, 1.165) is 32.3 Å². The van der Waals surface area contributed by atoms with Crippen LogP contribution in [0.15, 0.2) is 24.4 Å². The first-order valence-corrected chi connectivity index (χ1v) is 9.53. The van der Waals surface area contributed by atoms with Crippen molar-refractivity contribution in [2.75, 3.05) is 13.1 Å². The maximum atomic E-state index is 11.2. The van der Waals surface area contributed by atoms with Crippen molar-refractivity contribution in [2.45, 2.75) is 63.2 Å². The molecular formula is C20H27N3O. The van der Waals surface area contributed by atoms with Crippen molar-refractivity contribution in [2.24, 2.45) is 0 Å². The van der Waals surface area contributed by atoms with Gasteiger partial charge in [-0.3, -0.25) is 4.79 Å². The first kappa shape index (κ1) is 15.7. The van der Waals surface area contributed by atoms with Crippen LogP contribution in [0, 0.1) is 0 Å². The molecule has 1 amide bonds. The number of nitrogens with zero attached hydrogens (tertiary/aromatic N) is 3. The van der Waals surface area contributed by atoms with Gasteiger partial charge < -0.3 is 9.30 Å². The van der Waals surface area contributed by atoms with E-state index in [9.17, 15) is 4.79 Å². The van der Waals surface area contributed by atoms with Gasteiger partial charge in [-0.05, 0) is 37.8 Å². The summed E-state index contributed by atoms with van der Waals surface area (Å²) in [6.45, 7) is 1.70. The molecule has 1 aliphatic heterocycles. The number of piperidine rings is 1. The molecule has 1 saturated carbocycles. The summed E-state index contributed by atoms with van der Waals surface area (Å²) in [6, 6.07) is 6.41. The van der Waals surface area contributed by atoms with Gasteiger partial charge >= 0.3 is 0 Å². The lowest BCUT2D eigenvalue weighted by Gasteiger charge is -2.29. The molecule has 0 radical (unpaired) electrons. The van der Waals surface area contributed by atoms with E-state index in [0.29, 0.717) is 11.8 Å². The molecule has 0 spiro atoms. The molecule has 2 aliphatic rings. The summed E-state index contributed by atoms with van der Waals surface area (Å²) < 4.78 is 2.32. The smallest absolute Gasteiger partial charge is 0.209 e. The van der Waals surface area contributed by atoms with Crippen LogP contribution in [-0.2, 0) is 4.79 Å². The third-order valence-corrected chi connectivity index (χ3v) is 5.81. The molecule has 4 heteroatoms. The summed E-state index contributed by atoms with van der Waals surface area (Å²) in [5.41, 5.74) is 2.45. The van der Waals surface area contributed by atoms with Crippen LogP contribution in [0.25, 0.3) is 5.52 Å². The van der Waals surface area contributed by atoms with Gasteiger partial charge in [-0.1, -0.05) is 31.7 Å². The second-order valence-electron chi connectivity index (χ2n) is 7.44. The van der Waals surface area contributed by atoms with Gasteiger partial charge in [0.25, 0.3) is 0 Å². The maximum absolute atomic E-state index is 11.2. The molecule has 2 fully saturated rings. The van der Waals surface area contributed by atoms with Crippen LogP contribution >= 0.6 is 0 Å². The van der Waals surface area contributed by atoms with Gasteiger partial charge in [0.15, 0.2) is 0 Å². The van der Waals surface area contributed by atoms with E-state index in [2.05, 4.69) is 28.8 Å². The summed E-state index contributed by atoms with van der Waals surface area (Å²) in [5, 5.41) is 0. The van der Waals surface area contributed by atoms with E-state index in [1.165, 1.54) is 55.6 Å². The van der Waals surface area contributed by atoms with E-state index >= 15 is 0 Å². The minimum absolute atomic E-state index is 0.376. The second kappa shape index (κ2) is 6.96. The highest BCUT2D eigenvalue weighted by Gasteiger charge is 2.27. The molecule has 4 rings (SSSR count). The summed E-state index contributed by atoms with van der Waals surface area (Å²) >= 11 is 0. The van der Waals surface area contributed by atoms with E-state index in [4.69, 9.17) is 4.98 Å². The van der Waals surface area contributed by atoms with Gasteiger partial charge in [0.1, 0.15) is 5.82 Å². The predicted molar refractivity (Wildman–Crippen MR) is 95.2 cm³/mol. The highest BCUT2D eigenvalue weighted by Crippen LogP contribution is 2.35. The standard InChI is InChI=1S/C20H27N3O/c24-15-22-12-7-10-17(14-22)19-18-11-5-6-13-23(18)20(21-19)16-8-3-1-2-4-9-16/h5-6,11,13,15-17H,1-4,7-10,12,14H2. The van der Waals surface area contributed by atoms with Gasteiger partial charge in [0.2, 0.25) is 6.41 Å². The van der Waals surface area contributed by atoms with Gasteiger partial charge in [-0.25, -0.2) is 4.98 Å². The number of carbonyl (C=O) groups excluding carboxylic acids is 1. The van der Waals surface area contributed by atoms with Crippen molar-refractivity contribution < 1.29 is 4.79 Å². The van der Waals surface area contributed by atoms with Crippen LogP contribution in [0.5, 0.6) is 0 Å². The molecular weight excluding hydrogens is 298 g/mol. The van der Waals surface area contributed by atoms with E-state index in [-0.39, 0.29) is 0 Å². The summed E-state index contributed by atoms with van der Waals surface area (Å²) in [4.78, 5) is 18.3. The molecule has 0 bridgehead atoms. The molecule has 0 N–H and O–H groups in total. The highest BCUT2D eigenvalue weighted by atomic mass is 16.1. The molecule has 4 nitrogen and oxygen atoms in total. The minimum Gasteiger partial charge on any atom is -0.345 e. The van der Waals surface area contributed by atoms with Crippen molar-refractivity contribution in [1.29, 1.82) is 0 Å². The van der Waals surface area contributed by atoms with E-state index in [1.54, 1.807) is 0 Å². The Morgan fingerprint density at radius 1 is 1.00 bits per heavy atom. The molecule has 24 heavy (non-hydrogen) atoms. The number of carbonyl (C=O) groups is 1. The Morgan fingerprint density at radius 2 is 1.79 bits per heavy atom. The molecule has 0 aromatic carbocycles. The number of hydrogen-bond acceptors (Lipinski definition) is 2. The SMILES string of the molecule is O=CN1CCCC(c2nc(C3CCCCCC3)n3ccccc23)C1. The molecule has 1 atom stereocenters. The zero-order valence-electron chi connectivity index (χ0n) is 14.4. The number of rotatable bonds is 3. The van der Waals surface area contributed by atoms with Crippen molar-refractivity contribution in [3.8, 4) is 0 Å². The third kappa shape index (κ3) is 2.94. The van der Waals surface area contributed by atoms with Crippen LogP contribution < -0.4 is 0 Å². The van der Waals surface area contributed by atoms with E-state index < -0.39 is 0 Å². The molecule has 2 aromatic rings. The summed E-state index contributed by atoms with van der Waals surface area (Å²) in [7, 11) is 0. The van der Waals surface area contributed by atoms with Crippen LogP contribution in [0.1, 0.15) is 74.7 Å². The zero-order valence-corrected chi connectivity index (χ0v) is 14.4. The second-order valence-corrected chi connectivity index (χ2v) is 7.44. The number of hydrogen-bond donors (Lipinski definition) is 0. The zero-order chi connectivity index (χ0) is 16.4. The summed E-state index contributed by atoms with van der Waals surface area (Å²) in [6.07, 6.45) is 13.3. The molecule has 128 valence electrons. The Morgan fingerprint density at radius 3 is 2.58 bits per heavy atom. The lowest BCUT2D eigenvalue weighted by atomic mass is 9.94. The van der Waals surface area contributed by atoms with E-state index in [1.807, 2.05) is 4.90 Å². The summed E-state index contributed by atoms with van der Waals surface area (Å²) in [5.74, 6) is 2.22. The maximum Gasteiger partial charge on any atom is 0.209 e. The Balaban J connectivity index is 1.72. The number of aromatic nitrogens is 2. The molecule has 1 saturated heterocycles. The topological polar surface area (TPSA) is 37.6 Å². The van der Waals surface area contributed by atoms with Crippen molar-refractivity contribution in [1.82, 2.24) is 14.3 Å². The first-order valence-electron chi connectivity index (χ1n) is 9.53. The number of imidazole rings is 1. The quantitative estimate of drug-likeness (QED) is 0.629. The molecule has 2 aromatic heterocycles. The van der Waals surface area contributed by atoms with Gasteiger partial charge in [-0.15, -0.1) is 0 Å². The Kier molecular flexibility index (Phi) is 4.54. The number of likely N-dealkylation sites (tertiary alicyclic amines) is 1. The van der Waals surface area contributed by atoms with Crippen LogP contribution in [-0.4, -0.2) is 33.8 Å². The molecule has 3 heterocycles. The fourth-order valence-electron chi connectivity index (χ4n) is 4.54. The number of amides is 1. The van der Waals surface area contributed by atoms with Gasteiger partial charge in [0, 0.05) is 31.1 Å². The predicted octanol–water partition coefficient (Wildman–Crippen LogP) is 4.11. The van der Waals surface area contributed by atoms with Crippen LogP contribution in [0.2, 0.25) is 0 Å². The lowest BCUT2D eigenvalue weighted by molar-refractivity contribution is -0.119. The molecule has 1 aliphatic carbocycles. The van der Waals surface area contributed by atoms with Crippen LogP contribution in [0.4, 0.5) is 0 Å².